The fourth-order valence-corrected chi connectivity index (χ4v) is 2.77. The Morgan fingerprint density at radius 1 is 0.846 bits per heavy atom. The van der Waals surface area contributed by atoms with Crippen LogP contribution < -0.4 is 0 Å². The Balaban J connectivity index is 2.45. The molecule has 4 nitrogen and oxygen atoms in total. The fraction of sp³-hybridized carbons (Fsp3) is 0.273. The number of carbonyl (C=O) groups excluding carboxylic acids is 2. The van der Waals surface area contributed by atoms with Gasteiger partial charge in [0.05, 0.1) is 13.2 Å². The Labute approximate surface area is 154 Å². The molecule has 0 spiro atoms. The summed E-state index contributed by atoms with van der Waals surface area (Å²) in [6, 6.07) is 18.6. The van der Waals surface area contributed by atoms with Gasteiger partial charge in [-0.15, -0.1) is 0 Å². The second-order valence-electron chi connectivity index (χ2n) is 5.73. The Kier molecular flexibility index (Phi) is 7.15. The van der Waals surface area contributed by atoms with E-state index in [2.05, 4.69) is 0 Å². The van der Waals surface area contributed by atoms with Gasteiger partial charge in [-0.05, 0) is 31.4 Å². The first-order valence-electron chi connectivity index (χ1n) is 8.76. The van der Waals surface area contributed by atoms with Gasteiger partial charge in [-0.25, -0.2) is 0 Å². The highest BCUT2D eigenvalue weighted by Crippen LogP contribution is 2.32. The van der Waals surface area contributed by atoms with Gasteiger partial charge in [-0.1, -0.05) is 72.8 Å². The molecular formula is C22H24O4. The van der Waals surface area contributed by atoms with Gasteiger partial charge >= 0.3 is 11.9 Å². The monoisotopic (exact) mass is 352 g/mol. The summed E-state index contributed by atoms with van der Waals surface area (Å²) < 4.78 is 10.5. The zero-order valence-electron chi connectivity index (χ0n) is 15.2. The molecule has 2 rings (SSSR count). The van der Waals surface area contributed by atoms with E-state index in [1.165, 1.54) is 0 Å². The smallest absolute Gasteiger partial charge is 0.328 e. The molecule has 0 radical (unpaired) electrons. The van der Waals surface area contributed by atoms with Crippen molar-refractivity contribution in [1.82, 2.24) is 0 Å². The van der Waals surface area contributed by atoms with Gasteiger partial charge < -0.3 is 9.47 Å². The number of allylic oxidation sites excluding steroid dienone is 1. The summed E-state index contributed by atoms with van der Waals surface area (Å²) >= 11 is 0. The summed E-state index contributed by atoms with van der Waals surface area (Å²) in [5.74, 6) is -1.19. The maximum atomic E-state index is 12.9. The Morgan fingerprint density at radius 2 is 1.35 bits per heavy atom. The molecule has 0 unspecified atom stereocenters. The number of carbonyl (C=O) groups is 2. The largest absolute Gasteiger partial charge is 0.465 e. The minimum Gasteiger partial charge on any atom is -0.465 e. The standard InChI is InChI=1S/C22H24O4/c1-3-25-20(23)22(21(24)26-4-2,19-15-9-6-10-16-19)17-11-14-18-12-7-5-8-13-18/h5-16H,3-4,17H2,1-2H3/b14-11-. The van der Waals surface area contributed by atoms with Crippen LogP contribution >= 0.6 is 0 Å². The van der Waals surface area contributed by atoms with Crippen molar-refractivity contribution >= 4 is 18.0 Å². The number of ether oxygens (including phenoxy) is 2. The zero-order valence-corrected chi connectivity index (χ0v) is 15.2. The van der Waals surface area contributed by atoms with Crippen LogP contribution in [0.15, 0.2) is 66.7 Å². The molecule has 0 bridgehead atoms. The summed E-state index contributed by atoms with van der Waals surface area (Å²) in [5, 5.41) is 0. The molecule has 2 aromatic rings. The Bertz CT molecular complexity index is 717. The van der Waals surface area contributed by atoms with E-state index in [-0.39, 0.29) is 19.6 Å². The van der Waals surface area contributed by atoms with E-state index in [1.807, 2.05) is 48.6 Å². The molecule has 136 valence electrons. The van der Waals surface area contributed by atoms with E-state index >= 15 is 0 Å². The van der Waals surface area contributed by atoms with Crippen LogP contribution in [0.5, 0.6) is 0 Å². The zero-order chi connectivity index (χ0) is 18.8. The molecular weight excluding hydrogens is 328 g/mol. The summed E-state index contributed by atoms with van der Waals surface area (Å²) in [7, 11) is 0. The summed E-state index contributed by atoms with van der Waals surface area (Å²) in [4.78, 5) is 25.7. The van der Waals surface area contributed by atoms with Gasteiger partial charge in [0.2, 0.25) is 0 Å². The molecule has 0 aliphatic rings. The van der Waals surface area contributed by atoms with Gasteiger partial charge in [0.25, 0.3) is 0 Å². The number of hydrogen-bond donors (Lipinski definition) is 0. The number of hydrogen-bond acceptors (Lipinski definition) is 4. The van der Waals surface area contributed by atoms with E-state index in [4.69, 9.17) is 9.47 Å². The highest BCUT2D eigenvalue weighted by Gasteiger charge is 2.49. The van der Waals surface area contributed by atoms with Crippen molar-refractivity contribution in [3.05, 3.63) is 77.9 Å². The molecule has 0 saturated heterocycles. The van der Waals surface area contributed by atoms with Gasteiger partial charge in [0.15, 0.2) is 5.41 Å². The highest BCUT2D eigenvalue weighted by atomic mass is 16.6. The third-order valence-electron chi connectivity index (χ3n) is 4.05. The molecule has 0 N–H and O–H groups in total. The van der Waals surface area contributed by atoms with Crippen LogP contribution in [0, 0.1) is 0 Å². The summed E-state index contributed by atoms with van der Waals surface area (Å²) in [6.45, 7) is 3.82. The minimum absolute atomic E-state index is 0.156. The van der Waals surface area contributed by atoms with Crippen LogP contribution in [0.2, 0.25) is 0 Å². The average Bonchev–Trinajstić information content (AvgIpc) is 2.67. The number of rotatable bonds is 8. The molecule has 0 fully saturated rings. The maximum absolute atomic E-state index is 12.9. The lowest BCUT2D eigenvalue weighted by Gasteiger charge is -2.28. The summed E-state index contributed by atoms with van der Waals surface area (Å²) in [6.07, 6.45) is 3.86. The van der Waals surface area contributed by atoms with Gasteiger partial charge in [-0.3, -0.25) is 9.59 Å². The predicted octanol–water partition coefficient (Wildman–Crippen LogP) is 4.15. The average molecular weight is 352 g/mol. The van der Waals surface area contributed by atoms with E-state index < -0.39 is 17.4 Å². The van der Waals surface area contributed by atoms with Crippen molar-refractivity contribution in [2.45, 2.75) is 25.7 Å². The normalized spacial score (nSPS) is 11.3. The van der Waals surface area contributed by atoms with E-state index in [1.54, 1.807) is 38.1 Å². The van der Waals surface area contributed by atoms with Gasteiger partial charge in [-0.2, -0.15) is 0 Å². The van der Waals surface area contributed by atoms with E-state index in [0.29, 0.717) is 5.56 Å². The number of esters is 2. The van der Waals surface area contributed by atoms with Crippen LogP contribution in [0.1, 0.15) is 31.4 Å². The third kappa shape index (κ3) is 4.39. The van der Waals surface area contributed by atoms with Crippen molar-refractivity contribution < 1.29 is 19.1 Å². The van der Waals surface area contributed by atoms with Crippen LogP contribution in [-0.4, -0.2) is 25.2 Å². The molecule has 0 saturated carbocycles. The van der Waals surface area contributed by atoms with Gasteiger partial charge in [0, 0.05) is 0 Å². The molecule has 0 heterocycles. The van der Waals surface area contributed by atoms with Crippen molar-refractivity contribution in [2.75, 3.05) is 13.2 Å². The Hall–Kier alpha value is -2.88. The van der Waals surface area contributed by atoms with E-state index in [9.17, 15) is 9.59 Å². The first-order valence-corrected chi connectivity index (χ1v) is 8.76. The quantitative estimate of drug-likeness (QED) is 0.529. The van der Waals surface area contributed by atoms with Crippen LogP contribution in [-0.2, 0) is 24.5 Å². The van der Waals surface area contributed by atoms with Crippen molar-refractivity contribution in [3.63, 3.8) is 0 Å². The molecule has 0 aliphatic heterocycles. The topological polar surface area (TPSA) is 52.6 Å². The second kappa shape index (κ2) is 9.56. The first kappa shape index (κ1) is 19.4. The Morgan fingerprint density at radius 3 is 1.85 bits per heavy atom. The molecule has 0 aromatic heterocycles. The predicted molar refractivity (Wildman–Crippen MR) is 101 cm³/mol. The van der Waals surface area contributed by atoms with Crippen LogP contribution in [0.25, 0.3) is 6.08 Å². The van der Waals surface area contributed by atoms with Gasteiger partial charge in [0.1, 0.15) is 0 Å². The highest BCUT2D eigenvalue weighted by molar-refractivity contribution is 6.06. The lowest BCUT2D eigenvalue weighted by molar-refractivity contribution is -0.164. The first-order chi connectivity index (χ1) is 12.6. The number of benzene rings is 2. The fourth-order valence-electron chi connectivity index (χ4n) is 2.77. The molecule has 0 amide bonds. The van der Waals surface area contributed by atoms with Crippen molar-refractivity contribution in [3.8, 4) is 0 Å². The van der Waals surface area contributed by atoms with Crippen LogP contribution in [0.4, 0.5) is 0 Å². The molecule has 4 heteroatoms. The molecule has 0 atom stereocenters. The summed E-state index contributed by atoms with van der Waals surface area (Å²) in [5.41, 5.74) is 0.0373. The SMILES string of the molecule is CCOC(=O)C(C/C=C\c1ccccc1)(C(=O)OCC)c1ccccc1. The van der Waals surface area contributed by atoms with Crippen molar-refractivity contribution in [2.24, 2.45) is 0 Å². The minimum atomic E-state index is -1.52. The third-order valence-corrected chi connectivity index (χ3v) is 4.05. The molecule has 0 aliphatic carbocycles. The molecule has 26 heavy (non-hydrogen) atoms. The molecule has 2 aromatic carbocycles. The second-order valence-corrected chi connectivity index (χ2v) is 5.73. The van der Waals surface area contributed by atoms with Crippen LogP contribution in [0.3, 0.4) is 0 Å². The lowest BCUT2D eigenvalue weighted by atomic mass is 9.77. The maximum Gasteiger partial charge on any atom is 0.328 e. The lowest BCUT2D eigenvalue weighted by Crippen LogP contribution is -2.46. The van der Waals surface area contributed by atoms with E-state index in [0.717, 1.165) is 5.56 Å². The van der Waals surface area contributed by atoms with Crippen molar-refractivity contribution in [1.29, 1.82) is 0 Å².